The van der Waals surface area contributed by atoms with Crippen LogP contribution in [-0.4, -0.2) is 33.8 Å². The molecule has 1 aromatic carbocycles. The Kier molecular flexibility index (Phi) is 7.75. The molecule has 32 heavy (non-hydrogen) atoms. The van der Waals surface area contributed by atoms with E-state index in [4.69, 9.17) is 17.3 Å². The van der Waals surface area contributed by atoms with Gasteiger partial charge in [0.25, 0.3) is 0 Å². The molecular weight excluding hydrogens is 420 g/mol. The number of rotatable bonds is 2. The third-order valence-corrected chi connectivity index (χ3v) is 6.02. The highest BCUT2D eigenvalue weighted by Gasteiger charge is 2.20. The van der Waals surface area contributed by atoms with Crippen LogP contribution in [0.1, 0.15) is 58.7 Å². The van der Waals surface area contributed by atoms with Gasteiger partial charge in [0, 0.05) is 16.8 Å². The number of hydrogen-bond donors (Lipinski definition) is 3. The van der Waals surface area contributed by atoms with Gasteiger partial charge in [-0.05, 0) is 81.0 Å². The molecule has 1 aliphatic heterocycles. The lowest BCUT2D eigenvalue weighted by atomic mass is 9.85. The van der Waals surface area contributed by atoms with Gasteiger partial charge in [-0.15, -0.1) is 0 Å². The molecule has 2 unspecified atom stereocenters. The van der Waals surface area contributed by atoms with E-state index in [2.05, 4.69) is 48.7 Å². The van der Waals surface area contributed by atoms with E-state index >= 15 is 0 Å². The maximum absolute atomic E-state index is 9.75. The Morgan fingerprint density at radius 2 is 2.00 bits per heavy atom. The smallest absolute Gasteiger partial charge is 0.124 e. The van der Waals surface area contributed by atoms with E-state index in [0.29, 0.717) is 16.8 Å². The number of allylic oxidation sites excluding steroid dienone is 3. The number of H-pyrrole nitrogens is 1. The van der Waals surface area contributed by atoms with Crippen LogP contribution in [-0.2, 0) is 0 Å². The Balaban J connectivity index is 0.000000195. The van der Waals surface area contributed by atoms with E-state index in [-0.39, 0.29) is 12.1 Å². The van der Waals surface area contributed by atoms with Crippen LogP contribution in [0.3, 0.4) is 0 Å². The summed E-state index contributed by atoms with van der Waals surface area (Å²) in [6.07, 6.45) is 5.77. The van der Waals surface area contributed by atoms with Gasteiger partial charge in [-0.2, -0.15) is 0 Å². The van der Waals surface area contributed by atoms with Crippen LogP contribution in [0.25, 0.3) is 0 Å². The number of aliphatic hydroxyl groups excluding tert-OH is 1. The molecule has 0 radical (unpaired) electrons. The van der Waals surface area contributed by atoms with Gasteiger partial charge >= 0.3 is 0 Å². The molecule has 0 bridgehead atoms. The number of nitrogens with two attached hydrogens (primary N) is 1. The maximum atomic E-state index is 9.75. The standard InChI is InChI=1S/C14H13ClN4.C12H20O/c1-8-14(16)19-11-5-4-9(15)7-10(11)13(18-8)12-3-2-6-17-12;1-8(2)10-5-6-12(13)11(7-10)9(3)4/h2-8,17H,1H3,(H2,16,19);7,9,12-13H,5-6H2,1-4H3. The van der Waals surface area contributed by atoms with Crippen molar-refractivity contribution < 1.29 is 5.11 Å². The number of hydrogen-bond acceptors (Lipinski definition) is 4. The average molecular weight is 453 g/mol. The summed E-state index contributed by atoms with van der Waals surface area (Å²) in [5.74, 6) is 0.967. The number of nitrogens with one attached hydrogen (secondary N) is 1. The van der Waals surface area contributed by atoms with Crippen LogP contribution < -0.4 is 5.73 Å². The monoisotopic (exact) mass is 452 g/mol. The van der Waals surface area contributed by atoms with E-state index < -0.39 is 0 Å². The van der Waals surface area contributed by atoms with Crippen LogP contribution >= 0.6 is 11.6 Å². The molecule has 2 heterocycles. The van der Waals surface area contributed by atoms with Crippen LogP contribution in [0.5, 0.6) is 0 Å². The number of aromatic nitrogens is 1. The van der Waals surface area contributed by atoms with Gasteiger partial charge in [-0.25, -0.2) is 4.99 Å². The first kappa shape index (κ1) is 24.0. The number of aliphatic hydroxyl groups is 1. The lowest BCUT2D eigenvalue weighted by Crippen LogP contribution is -2.24. The van der Waals surface area contributed by atoms with Gasteiger partial charge < -0.3 is 15.8 Å². The van der Waals surface area contributed by atoms with Gasteiger partial charge in [-0.3, -0.25) is 4.99 Å². The first-order valence-electron chi connectivity index (χ1n) is 11.1. The number of halogens is 1. The molecule has 4 rings (SSSR count). The lowest BCUT2D eigenvalue weighted by molar-refractivity contribution is 0.186. The second-order valence-corrected chi connectivity index (χ2v) is 9.25. The number of fused-ring (bicyclic) bond motifs is 1. The number of amidine groups is 1. The second-order valence-electron chi connectivity index (χ2n) is 8.81. The fourth-order valence-electron chi connectivity index (χ4n) is 3.82. The van der Waals surface area contributed by atoms with Crippen molar-refractivity contribution in [3.8, 4) is 0 Å². The highest BCUT2D eigenvalue weighted by atomic mass is 35.5. The van der Waals surface area contributed by atoms with Crippen molar-refractivity contribution in [1.82, 2.24) is 4.98 Å². The van der Waals surface area contributed by atoms with Crippen LogP contribution in [0.15, 0.2) is 69.3 Å². The van der Waals surface area contributed by atoms with Crippen molar-refractivity contribution in [3.63, 3.8) is 0 Å². The zero-order valence-electron chi connectivity index (χ0n) is 19.5. The summed E-state index contributed by atoms with van der Waals surface area (Å²) >= 11 is 6.08. The molecule has 6 heteroatoms. The van der Waals surface area contributed by atoms with Crippen molar-refractivity contribution in [2.45, 2.75) is 59.6 Å². The molecule has 0 saturated carbocycles. The van der Waals surface area contributed by atoms with Gasteiger partial charge in [0.1, 0.15) is 11.9 Å². The largest absolute Gasteiger partial charge is 0.389 e. The van der Waals surface area contributed by atoms with Crippen molar-refractivity contribution in [1.29, 1.82) is 0 Å². The molecule has 170 valence electrons. The van der Waals surface area contributed by atoms with E-state index in [1.165, 1.54) is 16.7 Å². The number of nitrogens with zero attached hydrogens (tertiary/aromatic N) is 2. The van der Waals surface area contributed by atoms with Crippen molar-refractivity contribution in [2.75, 3.05) is 0 Å². The zero-order chi connectivity index (χ0) is 23.4. The number of benzene rings is 1. The van der Waals surface area contributed by atoms with Crippen molar-refractivity contribution in [2.24, 2.45) is 21.6 Å². The van der Waals surface area contributed by atoms with Gasteiger partial charge in [0.2, 0.25) is 0 Å². The summed E-state index contributed by atoms with van der Waals surface area (Å²) in [7, 11) is 0. The minimum atomic E-state index is -0.205. The van der Waals surface area contributed by atoms with Gasteiger partial charge in [0.15, 0.2) is 0 Å². The molecule has 1 aliphatic carbocycles. The summed E-state index contributed by atoms with van der Waals surface area (Å²) in [6.45, 7) is 10.5. The maximum Gasteiger partial charge on any atom is 0.124 e. The molecule has 2 atom stereocenters. The molecule has 0 saturated heterocycles. The molecule has 4 N–H and O–H groups in total. The molecular formula is C26H33ClN4O. The molecule has 1 aromatic heterocycles. The summed E-state index contributed by atoms with van der Waals surface area (Å²) in [4.78, 5) is 12.2. The summed E-state index contributed by atoms with van der Waals surface area (Å²) in [5, 5.41) is 10.4. The predicted octanol–water partition coefficient (Wildman–Crippen LogP) is 5.96. The molecule has 0 fully saturated rings. The van der Waals surface area contributed by atoms with E-state index in [0.717, 1.165) is 35.5 Å². The Morgan fingerprint density at radius 3 is 2.62 bits per heavy atom. The quantitative estimate of drug-likeness (QED) is 0.525. The van der Waals surface area contributed by atoms with Crippen LogP contribution in [0, 0.1) is 5.92 Å². The third-order valence-electron chi connectivity index (χ3n) is 5.79. The molecule has 2 aromatic rings. The minimum absolute atomic E-state index is 0.163. The Labute approximate surface area is 195 Å². The van der Waals surface area contributed by atoms with E-state index in [9.17, 15) is 5.11 Å². The molecule has 2 aliphatic rings. The Morgan fingerprint density at radius 1 is 1.25 bits per heavy atom. The topological polar surface area (TPSA) is 86.8 Å². The highest BCUT2D eigenvalue weighted by Crippen LogP contribution is 2.30. The lowest BCUT2D eigenvalue weighted by Gasteiger charge is -2.24. The van der Waals surface area contributed by atoms with Gasteiger partial charge in [0.05, 0.1) is 23.2 Å². The summed E-state index contributed by atoms with van der Waals surface area (Å²) in [5.41, 5.74) is 13.4. The summed E-state index contributed by atoms with van der Waals surface area (Å²) < 4.78 is 0. The van der Waals surface area contributed by atoms with Gasteiger partial charge in [-0.1, -0.05) is 37.1 Å². The van der Waals surface area contributed by atoms with Crippen LogP contribution in [0.2, 0.25) is 5.02 Å². The Hall–Kier alpha value is -2.63. The third kappa shape index (κ3) is 5.59. The Bertz CT molecular complexity index is 1070. The molecule has 0 amide bonds. The normalized spacial score (nSPS) is 20.4. The fourth-order valence-corrected chi connectivity index (χ4v) is 4.00. The molecule has 0 spiro atoms. The average Bonchev–Trinajstić information content (AvgIpc) is 3.24. The fraction of sp³-hybridized carbons (Fsp3) is 0.385. The second kappa shape index (κ2) is 10.3. The first-order valence-corrected chi connectivity index (χ1v) is 11.5. The number of aromatic amines is 1. The predicted molar refractivity (Wildman–Crippen MR) is 135 cm³/mol. The van der Waals surface area contributed by atoms with Crippen molar-refractivity contribution in [3.05, 3.63) is 75.6 Å². The van der Waals surface area contributed by atoms with E-state index in [1.54, 1.807) is 6.07 Å². The zero-order valence-corrected chi connectivity index (χ0v) is 20.2. The highest BCUT2D eigenvalue weighted by molar-refractivity contribution is 6.31. The van der Waals surface area contributed by atoms with Crippen LogP contribution in [0.4, 0.5) is 5.69 Å². The SMILES string of the molecule is CC(C)=C1C=C(C(C)C)C(O)CC1.CC1N=C(c2ccc[nH]2)c2cc(Cl)ccc2N=C1N. The van der Waals surface area contributed by atoms with Crippen molar-refractivity contribution >= 4 is 28.8 Å². The first-order chi connectivity index (χ1) is 15.2. The number of aliphatic imine (C=N–C) groups is 2. The minimum Gasteiger partial charge on any atom is -0.389 e. The van der Waals surface area contributed by atoms with E-state index in [1.807, 2.05) is 37.4 Å². The molecule has 5 nitrogen and oxygen atoms in total. The summed E-state index contributed by atoms with van der Waals surface area (Å²) in [6, 6.07) is 9.27.